The second-order valence-electron chi connectivity index (χ2n) is 6.61. The zero-order valence-corrected chi connectivity index (χ0v) is 15.6. The Bertz CT molecular complexity index is 1170. The second kappa shape index (κ2) is 7.97. The van der Waals surface area contributed by atoms with E-state index >= 15 is 0 Å². The summed E-state index contributed by atoms with van der Waals surface area (Å²) in [4.78, 5) is 12.1. The van der Waals surface area contributed by atoms with Crippen molar-refractivity contribution in [2.24, 2.45) is 0 Å². The van der Waals surface area contributed by atoms with Gasteiger partial charge in [-0.1, -0.05) is 66.7 Å². The maximum atomic E-state index is 12.1. The number of fused-ring (bicyclic) bond motifs is 1. The largest absolute Gasteiger partial charge is 0.489 e. The summed E-state index contributed by atoms with van der Waals surface area (Å²) in [5.74, 6) is 0.704. The van der Waals surface area contributed by atoms with E-state index in [4.69, 9.17) is 9.15 Å². The number of hydrogen-bond donors (Lipinski definition) is 0. The Morgan fingerprint density at radius 3 is 2.39 bits per heavy atom. The Morgan fingerprint density at radius 2 is 1.64 bits per heavy atom. The molecule has 3 heteroatoms. The van der Waals surface area contributed by atoms with Crippen molar-refractivity contribution in [3.63, 3.8) is 0 Å². The van der Waals surface area contributed by atoms with Crippen LogP contribution in [0, 0.1) is 6.92 Å². The highest BCUT2D eigenvalue weighted by atomic mass is 16.5. The molecule has 0 saturated carbocycles. The third-order valence-corrected chi connectivity index (χ3v) is 4.48. The highest BCUT2D eigenvalue weighted by Gasteiger charge is 2.13. The summed E-state index contributed by atoms with van der Waals surface area (Å²) in [5.41, 5.74) is 4.03. The Morgan fingerprint density at radius 1 is 0.929 bits per heavy atom. The summed E-state index contributed by atoms with van der Waals surface area (Å²) >= 11 is 0. The first-order valence-corrected chi connectivity index (χ1v) is 9.19. The fraction of sp³-hybridized carbons (Fsp3) is 0.0800. The molecule has 0 aliphatic rings. The van der Waals surface area contributed by atoms with Crippen LogP contribution in [0.5, 0.6) is 5.75 Å². The molecule has 0 atom stereocenters. The van der Waals surface area contributed by atoms with Gasteiger partial charge < -0.3 is 9.15 Å². The van der Waals surface area contributed by atoms with Crippen molar-refractivity contribution in [1.29, 1.82) is 0 Å². The SMILES string of the molecule is Cc1cc(OC/C=C/c2ccccc2)c2c(-c3ccccc3)cc(=O)oc2c1. The molecule has 0 spiro atoms. The van der Waals surface area contributed by atoms with Crippen molar-refractivity contribution in [3.05, 3.63) is 106 Å². The summed E-state index contributed by atoms with van der Waals surface area (Å²) in [7, 11) is 0. The summed E-state index contributed by atoms with van der Waals surface area (Å²) in [6.45, 7) is 2.38. The van der Waals surface area contributed by atoms with E-state index in [2.05, 4.69) is 0 Å². The average molecular weight is 368 g/mol. The van der Waals surface area contributed by atoms with Crippen molar-refractivity contribution < 1.29 is 9.15 Å². The first-order chi connectivity index (χ1) is 13.7. The maximum absolute atomic E-state index is 12.1. The van der Waals surface area contributed by atoms with E-state index in [0.29, 0.717) is 17.9 Å². The van der Waals surface area contributed by atoms with Crippen LogP contribution in [0.2, 0.25) is 0 Å². The van der Waals surface area contributed by atoms with Gasteiger partial charge in [-0.15, -0.1) is 0 Å². The van der Waals surface area contributed by atoms with Gasteiger partial charge in [0.1, 0.15) is 17.9 Å². The van der Waals surface area contributed by atoms with Gasteiger partial charge in [-0.05, 0) is 41.8 Å². The monoisotopic (exact) mass is 368 g/mol. The Hall–Kier alpha value is -3.59. The molecule has 0 aliphatic carbocycles. The van der Waals surface area contributed by atoms with Crippen LogP contribution in [0.15, 0.2) is 94.2 Å². The molecule has 3 nitrogen and oxygen atoms in total. The van der Waals surface area contributed by atoms with Crippen LogP contribution in [-0.2, 0) is 0 Å². The molecule has 0 fully saturated rings. The molecule has 0 bridgehead atoms. The van der Waals surface area contributed by atoms with Gasteiger partial charge in [0.15, 0.2) is 0 Å². The summed E-state index contributed by atoms with van der Waals surface area (Å²) < 4.78 is 11.5. The van der Waals surface area contributed by atoms with E-state index < -0.39 is 0 Å². The number of aryl methyl sites for hydroxylation is 1. The molecular formula is C25H20O3. The molecule has 28 heavy (non-hydrogen) atoms. The number of rotatable bonds is 5. The van der Waals surface area contributed by atoms with E-state index in [9.17, 15) is 4.79 Å². The predicted molar refractivity (Wildman–Crippen MR) is 114 cm³/mol. The smallest absolute Gasteiger partial charge is 0.336 e. The predicted octanol–water partition coefficient (Wildman–Crippen LogP) is 5.86. The van der Waals surface area contributed by atoms with Crippen molar-refractivity contribution in [2.75, 3.05) is 6.61 Å². The van der Waals surface area contributed by atoms with Gasteiger partial charge in [0.05, 0.1) is 5.39 Å². The molecule has 3 aromatic carbocycles. The first kappa shape index (κ1) is 17.8. The van der Waals surface area contributed by atoms with E-state index in [1.807, 2.05) is 91.9 Å². The van der Waals surface area contributed by atoms with Gasteiger partial charge in [0.2, 0.25) is 0 Å². The molecule has 4 rings (SSSR count). The second-order valence-corrected chi connectivity index (χ2v) is 6.61. The molecule has 0 unspecified atom stereocenters. The lowest BCUT2D eigenvalue weighted by Crippen LogP contribution is -2.01. The lowest BCUT2D eigenvalue weighted by molar-refractivity contribution is 0.367. The zero-order valence-electron chi connectivity index (χ0n) is 15.6. The topological polar surface area (TPSA) is 39.4 Å². The van der Waals surface area contributed by atoms with Crippen LogP contribution in [0.4, 0.5) is 0 Å². The van der Waals surface area contributed by atoms with Gasteiger partial charge in [0, 0.05) is 11.6 Å². The lowest BCUT2D eigenvalue weighted by atomic mass is 10.0. The Balaban J connectivity index is 1.73. The zero-order chi connectivity index (χ0) is 19.3. The van der Waals surface area contributed by atoms with Crippen molar-refractivity contribution in [2.45, 2.75) is 6.92 Å². The maximum Gasteiger partial charge on any atom is 0.336 e. The first-order valence-electron chi connectivity index (χ1n) is 9.19. The van der Waals surface area contributed by atoms with Gasteiger partial charge in [-0.25, -0.2) is 4.79 Å². The van der Waals surface area contributed by atoms with Crippen LogP contribution in [0.25, 0.3) is 28.2 Å². The Kier molecular flexibility index (Phi) is 5.07. The fourth-order valence-electron chi connectivity index (χ4n) is 3.24. The van der Waals surface area contributed by atoms with Crippen molar-refractivity contribution in [1.82, 2.24) is 0 Å². The van der Waals surface area contributed by atoms with E-state index in [0.717, 1.165) is 27.6 Å². The molecule has 1 heterocycles. The van der Waals surface area contributed by atoms with Gasteiger partial charge in [-0.2, -0.15) is 0 Å². The molecule has 0 amide bonds. The van der Waals surface area contributed by atoms with Crippen molar-refractivity contribution in [3.8, 4) is 16.9 Å². The molecule has 0 N–H and O–H groups in total. The molecule has 1 aromatic heterocycles. The minimum atomic E-state index is -0.369. The van der Waals surface area contributed by atoms with Gasteiger partial charge >= 0.3 is 5.63 Å². The van der Waals surface area contributed by atoms with E-state index in [1.165, 1.54) is 6.07 Å². The summed E-state index contributed by atoms with van der Waals surface area (Å²) in [6.07, 6.45) is 4.00. The minimum Gasteiger partial charge on any atom is -0.489 e. The molecule has 0 aliphatic heterocycles. The third kappa shape index (κ3) is 3.89. The summed E-state index contributed by atoms with van der Waals surface area (Å²) in [6, 6.07) is 25.3. The van der Waals surface area contributed by atoms with Gasteiger partial charge in [0.25, 0.3) is 0 Å². The van der Waals surface area contributed by atoms with Crippen molar-refractivity contribution >= 4 is 17.0 Å². The highest BCUT2D eigenvalue weighted by Crippen LogP contribution is 2.35. The number of ether oxygens (including phenoxy) is 1. The quantitative estimate of drug-likeness (QED) is 0.414. The normalized spacial score (nSPS) is 11.2. The third-order valence-electron chi connectivity index (χ3n) is 4.48. The molecule has 138 valence electrons. The fourth-order valence-corrected chi connectivity index (χ4v) is 3.24. The van der Waals surface area contributed by atoms with Crippen LogP contribution < -0.4 is 10.4 Å². The Labute approximate surface area is 163 Å². The van der Waals surface area contributed by atoms with Gasteiger partial charge in [-0.3, -0.25) is 0 Å². The average Bonchev–Trinajstić information content (AvgIpc) is 2.71. The standard InChI is InChI=1S/C25H20O3/c1-18-15-22(27-14-8-11-19-9-4-2-5-10-19)25-21(20-12-6-3-7-13-20)17-24(26)28-23(25)16-18/h2-13,15-17H,14H2,1H3/b11-8+. The lowest BCUT2D eigenvalue weighted by Gasteiger charge is -2.12. The van der Waals surface area contributed by atoms with Crippen LogP contribution in [0.1, 0.15) is 11.1 Å². The van der Waals surface area contributed by atoms with E-state index in [-0.39, 0.29) is 5.63 Å². The van der Waals surface area contributed by atoms with Crippen LogP contribution >= 0.6 is 0 Å². The summed E-state index contributed by atoms with van der Waals surface area (Å²) in [5, 5.41) is 0.810. The van der Waals surface area contributed by atoms with Crippen LogP contribution in [0.3, 0.4) is 0 Å². The minimum absolute atomic E-state index is 0.369. The highest BCUT2D eigenvalue weighted by molar-refractivity contribution is 5.98. The molecule has 0 saturated heterocycles. The molecule has 0 radical (unpaired) electrons. The molecule has 4 aromatic rings. The number of hydrogen-bond acceptors (Lipinski definition) is 3. The molecular weight excluding hydrogens is 348 g/mol. The van der Waals surface area contributed by atoms with E-state index in [1.54, 1.807) is 0 Å². The van der Waals surface area contributed by atoms with Crippen LogP contribution in [-0.4, -0.2) is 6.61 Å². The number of benzene rings is 3.